The van der Waals surface area contributed by atoms with Gasteiger partial charge >= 0.3 is 0 Å². The van der Waals surface area contributed by atoms with Crippen molar-refractivity contribution in [2.45, 2.75) is 13.0 Å². The van der Waals surface area contributed by atoms with Crippen molar-refractivity contribution in [3.05, 3.63) is 29.8 Å². The van der Waals surface area contributed by atoms with Gasteiger partial charge in [0.2, 0.25) is 10.0 Å². The number of nitrogens with two attached hydrogens (primary N) is 1. The molecule has 0 atom stereocenters. The van der Waals surface area contributed by atoms with Gasteiger partial charge in [0, 0.05) is 25.3 Å². The van der Waals surface area contributed by atoms with E-state index in [-0.39, 0.29) is 5.75 Å². The van der Waals surface area contributed by atoms with Gasteiger partial charge in [0.15, 0.2) is 0 Å². The summed E-state index contributed by atoms with van der Waals surface area (Å²) < 4.78 is 26.9. The number of morpholine rings is 1. The van der Waals surface area contributed by atoms with Gasteiger partial charge in [-0.2, -0.15) is 0 Å². The first-order chi connectivity index (χ1) is 10.0. The van der Waals surface area contributed by atoms with Crippen molar-refractivity contribution in [1.29, 1.82) is 0 Å². The molecule has 1 aliphatic rings. The van der Waals surface area contributed by atoms with E-state index in [4.69, 9.17) is 9.88 Å². The maximum absolute atomic E-state index is 10.8. The Bertz CT molecular complexity index is 525. The van der Waals surface area contributed by atoms with Gasteiger partial charge in [0.25, 0.3) is 0 Å². The van der Waals surface area contributed by atoms with E-state index in [9.17, 15) is 8.42 Å². The standard InChI is InChI=1S/C14H23N3O3S/c15-21(18,19)11-1-6-16-12-13-2-4-14(5-3-13)17-7-9-20-10-8-17/h2-5,16H,1,6-12H2,(H2,15,18,19). The van der Waals surface area contributed by atoms with Gasteiger partial charge in [0.05, 0.1) is 19.0 Å². The van der Waals surface area contributed by atoms with Gasteiger partial charge < -0.3 is 15.0 Å². The highest BCUT2D eigenvalue weighted by Gasteiger charge is 2.10. The molecule has 0 unspecified atom stereocenters. The molecule has 0 spiro atoms. The van der Waals surface area contributed by atoms with Crippen LogP contribution in [-0.2, 0) is 21.3 Å². The molecular formula is C14H23N3O3S. The average molecular weight is 313 g/mol. The lowest BCUT2D eigenvalue weighted by atomic mass is 10.2. The summed E-state index contributed by atoms with van der Waals surface area (Å²) in [4.78, 5) is 2.31. The molecule has 2 rings (SSSR count). The Hall–Kier alpha value is -1.15. The van der Waals surface area contributed by atoms with Crippen molar-refractivity contribution in [2.24, 2.45) is 5.14 Å². The van der Waals surface area contributed by atoms with Gasteiger partial charge in [-0.25, -0.2) is 13.6 Å². The molecule has 1 aromatic carbocycles. The van der Waals surface area contributed by atoms with Gasteiger partial charge in [-0.05, 0) is 30.7 Å². The third kappa shape index (κ3) is 6.01. The summed E-state index contributed by atoms with van der Waals surface area (Å²) in [7, 11) is -3.34. The van der Waals surface area contributed by atoms with Crippen LogP contribution in [0.25, 0.3) is 0 Å². The highest BCUT2D eigenvalue weighted by atomic mass is 32.2. The summed E-state index contributed by atoms with van der Waals surface area (Å²) in [6.45, 7) is 4.81. The van der Waals surface area contributed by atoms with E-state index in [1.807, 2.05) is 0 Å². The molecule has 0 aliphatic carbocycles. The zero-order valence-electron chi connectivity index (χ0n) is 12.1. The van der Waals surface area contributed by atoms with E-state index in [1.165, 1.54) is 11.3 Å². The Balaban J connectivity index is 1.72. The van der Waals surface area contributed by atoms with Crippen LogP contribution in [0.1, 0.15) is 12.0 Å². The highest BCUT2D eigenvalue weighted by molar-refractivity contribution is 7.89. The molecule has 0 aromatic heterocycles. The summed E-state index contributed by atoms with van der Waals surface area (Å²) in [5.41, 5.74) is 2.40. The molecule has 1 aliphatic heterocycles. The number of ether oxygens (including phenoxy) is 1. The average Bonchev–Trinajstić information content (AvgIpc) is 2.47. The summed E-state index contributed by atoms with van der Waals surface area (Å²) >= 11 is 0. The first-order valence-electron chi connectivity index (χ1n) is 7.17. The molecule has 1 saturated heterocycles. The van der Waals surface area contributed by atoms with Crippen molar-refractivity contribution in [3.63, 3.8) is 0 Å². The molecule has 7 heteroatoms. The van der Waals surface area contributed by atoms with Gasteiger partial charge in [-0.15, -0.1) is 0 Å². The Morgan fingerprint density at radius 1 is 1.19 bits per heavy atom. The molecule has 3 N–H and O–H groups in total. The number of hydrogen-bond acceptors (Lipinski definition) is 5. The second kappa shape index (κ2) is 7.74. The zero-order chi connectivity index (χ0) is 15.1. The molecule has 0 radical (unpaired) electrons. The lowest BCUT2D eigenvalue weighted by molar-refractivity contribution is 0.122. The van der Waals surface area contributed by atoms with E-state index in [0.29, 0.717) is 13.0 Å². The van der Waals surface area contributed by atoms with Crippen LogP contribution in [0, 0.1) is 0 Å². The number of primary sulfonamides is 1. The van der Waals surface area contributed by atoms with Crippen molar-refractivity contribution in [3.8, 4) is 0 Å². The Labute approximate surface area is 126 Å². The molecule has 1 fully saturated rings. The first kappa shape index (κ1) is 16.2. The molecule has 0 saturated carbocycles. The van der Waals surface area contributed by atoms with E-state index in [1.54, 1.807) is 0 Å². The predicted octanol–water partition coefficient (Wildman–Crippen LogP) is 0.291. The molecule has 1 heterocycles. The molecule has 118 valence electrons. The fourth-order valence-electron chi connectivity index (χ4n) is 2.28. The fraction of sp³-hybridized carbons (Fsp3) is 0.571. The topological polar surface area (TPSA) is 84.7 Å². The number of hydrogen-bond donors (Lipinski definition) is 2. The van der Waals surface area contributed by atoms with Crippen LogP contribution in [0.3, 0.4) is 0 Å². The van der Waals surface area contributed by atoms with Gasteiger partial charge in [0.1, 0.15) is 0 Å². The summed E-state index contributed by atoms with van der Waals surface area (Å²) in [6.07, 6.45) is 0.532. The van der Waals surface area contributed by atoms with Gasteiger partial charge in [-0.3, -0.25) is 0 Å². The summed E-state index contributed by atoms with van der Waals surface area (Å²) in [5, 5.41) is 8.17. The van der Waals surface area contributed by atoms with E-state index < -0.39 is 10.0 Å². The monoisotopic (exact) mass is 313 g/mol. The van der Waals surface area contributed by atoms with Crippen LogP contribution in [0.5, 0.6) is 0 Å². The Kier molecular flexibility index (Phi) is 5.98. The number of benzene rings is 1. The van der Waals surface area contributed by atoms with Crippen LogP contribution in [-0.4, -0.2) is 47.0 Å². The zero-order valence-corrected chi connectivity index (χ0v) is 12.9. The molecule has 21 heavy (non-hydrogen) atoms. The second-order valence-corrected chi connectivity index (χ2v) is 6.90. The smallest absolute Gasteiger partial charge is 0.209 e. The molecule has 6 nitrogen and oxygen atoms in total. The minimum Gasteiger partial charge on any atom is -0.378 e. The van der Waals surface area contributed by atoms with Gasteiger partial charge in [-0.1, -0.05) is 12.1 Å². The minimum absolute atomic E-state index is 0.0238. The van der Waals surface area contributed by atoms with Crippen LogP contribution in [0.15, 0.2) is 24.3 Å². The van der Waals surface area contributed by atoms with E-state index in [0.717, 1.165) is 32.8 Å². The quantitative estimate of drug-likeness (QED) is 0.707. The van der Waals surface area contributed by atoms with E-state index in [2.05, 4.69) is 34.5 Å². The molecule has 1 aromatic rings. The lowest BCUT2D eigenvalue weighted by Gasteiger charge is -2.28. The number of sulfonamides is 1. The SMILES string of the molecule is NS(=O)(=O)CCCNCc1ccc(N2CCOCC2)cc1. The highest BCUT2D eigenvalue weighted by Crippen LogP contribution is 2.16. The Morgan fingerprint density at radius 3 is 2.48 bits per heavy atom. The van der Waals surface area contributed by atoms with Crippen molar-refractivity contribution in [2.75, 3.05) is 43.5 Å². The van der Waals surface area contributed by atoms with Crippen molar-refractivity contribution in [1.82, 2.24) is 5.32 Å². The van der Waals surface area contributed by atoms with Crippen LogP contribution in [0.2, 0.25) is 0 Å². The summed E-state index contributed by atoms with van der Waals surface area (Å²) in [5.74, 6) is 0.0238. The van der Waals surface area contributed by atoms with Crippen molar-refractivity contribution >= 4 is 15.7 Å². The molecule has 0 amide bonds. The second-order valence-electron chi connectivity index (χ2n) is 5.16. The predicted molar refractivity (Wildman–Crippen MR) is 83.8 cm³/mol. The number of nitrogens with one attached hydrogen (secondary N) is 1. The number of anilines is 1. The van der Waals surface area contributed by atoms with Crippen LogP contribution >= 0.6 is 0 Å². The molecule has 0 bridgehead atoms. The molecular weight excluding hydrogens is 290 g/mol. The summed E-state index contributed by atoms with van der Waals surface area (Å²) in [6, 6.07) is 8.42. The van der Waals surface area contributed by atoms with Crippen LogP contribution in [0.4, 0.5) is 5.69 Å². The minimum atomic E-state index is -3.34. The third-order valence-electron chi connectivity index (χ3n) is 3.42. The maximum atomic E-state index is 10.8. The largest absolute Gasteiger partial charge is 0.378 e. The maximum Gasteiger partial charge on any atom is 0.209 e. The third-order valence-corrected chi connectivity index (χ3v) is 4.28. The number of nitrogens with zero attached hydrogens (tertiary/aromatic N) is 1. The van der Waals surface area contributed by atoms with E-state index >= 15 is 0 Å². The van der Waals surface area contributed by atoms with Crippen LogP contribution < -0.4 is 15.4 Å². The fourth-order valence-corrected chi connectivity index (χ4v) is 2.82. The first-order valence-corrected chi connectivity index (χ1v) is 8.89. The number of rotatable bonds is 7. The Morgan fingerprint density at radius 2 is 1.86 bits per heavy atom. The normalized spacial score (nSPS) is 16.1. The lowest BCUT2D eigenvalue weighted by Crippen LogP contribution is -2.36. The van der Waals surface area contributed by atoms with Crippen molar-refractivity contribution < 1.29 is 13.2 Å².